The van der Waals surface area contributed by atoms with Crippen LogP contribution in [-0.2, 0) is 0 Å². The van der Waals surface area contributed by atoms with Crippen molar-refractivity contribution in [2.45, 2.75) is 72.6 Å². The quantitative estimate of drug-likeness (QED) is 0.425. The van der Waals surface area contributed by atoms with E-state index in [-0.39, 0.29) is 0 Å². The molecule has 2 aromatic rings. The van der Waals surface area contributed by atoms with Crippen LogP contribution in [0, 0.1) is 0 Å². The van der Waals surface area contributed by atoms with Crippen LogP contribution in [0.3, 0.4) is 0 Å². The summed E-state index contributed by atoms with van der Waals surface area (Å²) in [6.45, 7) is 7.03. The summed E-state index contributed by atoms with van der Waals surface area (Å²) in [5, 5.41) is 0. The molecular formula is C21H34N2Sn. The number of unbranched alkanes of at least 4 members (excludes halogenated alkanes) is 3. The van der Waals surface area contributed by atoms with E-state index in [1.54, 1.807) is 9.91 Å². The minimum absolute atomic E-state index is 1.12. The third-order valence-corrected chi connectivity index (χ3v) is 21.0. The number of imidazole rings is 1. The van der Waals surface area contributed by atoms with E-state index in [0.29, 0.717) is 0 Å². The van der Waals surface area contributed by atoms with Gasteiger partial charge < -0.3 is 0 Å². The molecule has 24 heavy (non-hydrogen) atoms. The van der Waals surface area contributed by atoms with E-state index >= 15 is 0 Å². The van der Waals surface area contributed by atoms with Crippen LogP contribution in [0.15, 0.2) is 36.8 Å². The van der Waals surface area contributed by atoms with Crippen molar-refractivity contribution in [3.05, 3.63) is 36.8 Å². The molecule has 0 saturated heterocycles. The van der Waals surface area contributed by atoms with Gasteiger partial charge in [-0.1, -0.05) is 0 Å². The van der Waals surface area contributed by atoms with Crippen LogP contribution >= 0.6 is 0 Å². The summed E-state index contributed by atoms with van der Waals surface area (Å²) in [5.41, 5.74) is 2.39. The summed E-state index contributed by atoms with van der Waals surface area (Å²) in [6, 6.07) is 9.57. The molecular weight excluding hydrogens is 399 g/mol. The van der Waals surface area contributed by atoms with Gasteiger partial charge in [-0.25, -0.2) is 0 Å². The van der Waals surface area contributed by atoms with Crippen LogP contribution in [0.2, 0.25) is 13.3 Å². The van der Waals surface area contributed by atoms with Crippen molar-refractivity contribution in [3.8, 4) is 11.3 Å². The molecule has 0 aliphatic carbocycles. The van der Waals surface area contributed by atoms with Gasteiger partial charge in [0, 0.05) is 0 Å². The summed E-state index contributed by atoms with van der Waals surface area (Å²) in [4.78, 5) is 7.37. The van der Waals surface area contributed by atoms with Crippen LogP contribution in [-0.4, -0.2) is 28.3 Å². The molecule has 0 fully saturated rings. The second kappa shape index (κ2) is 10.3. The maximum atomic E-state index is 4.15. The zero-order chi connectivity index (χ0) is 17.3. The Bertz CT molecular complexity index is 538. The zero-order valence-electron chi connectivity index (χ0n) is 15.8. The number of H-pyrrole nitrogens is 1. The average molecular weight is 433 g/mol. The number of hydrogen-bond acceptors (Lipinski definition) is 1. The first-order valence-corrected chi connectivity index (χ1v) is 17.3. The predicted octanol–water partition coefficient (Wildman–Crippen LogP) is 6.13. The second-order valence-corrected chi connectivity index (χ2v) is 20.4. The van der Waals surface area contributed by atoms with Gasteiger partial charge in [0.25, 0.3) is 0 Å². The normalized spacial score (nSPS) is 11.8. The van der Waals surface area contributed by atoms with Crippen molar-refractivity contribution in [2.24, 2.45) is 0 Å². The fourth-order valence-electron chi connectivity index (χ4n) is 3.77. The summed E-state index contributed by atoms with van der Waals surface area (Å²) in [5.74, 6) is 0. The predicted molar refractivity (Wildman–Crippen MR) is 109 cm³/mol. The topological polar surface area (TPSA) is 28.7 Å². The Labute approximate surface area is 152 Å². The van der Waals surface area contributed by atoms with Gasteiger partial charge in [0.15, 0.2) is 0 Å². The van der Waals surface area contributed by atoms with Gasteiger partial charge in [0.2, 0.25) is 0 Å². The van der Waals surface area contributed by atoms with E-state index in [1.807, 2.05) is 6.20 Å². The average Bonchev–Trinajstić information content (AvgIpc) is 3.16. The number of aromatic amines is 1. The molecule has 0 atom stereocenters. The second-order valence-electron chi connectivity index (χ2n) is 7.13. The third-order valence-electron chi connectivity index (χ3n) is 5.33. The fraction of sp³-hybridized carbons (Fsp3) is 0.571. The Kier molecular flexibility index (Phi) is 8.37. The Balaban J connectivity index is 2.28. The zero-order valence-corrected chi connectivity index (χ0v) is 18.6. The van der Waals surface area contributed by atoms with Crippen LogP contribution in [0.5, 0.6) is 0 Å². The molecule has 0 saturated carbocycles. The van der Waals surface area contributed by atoms with Gasteiger partial charge in [-0.3, -0.25) is 0 Å². The molecule has 132 valence electrons. The molecule has 1 aromatic heterocycles. The van der Waals surface area contributed by atoms with Gasteiger partial charge in [-0.05, 0) is 0 Å². The number of rotatable bonds is 11. The SMILES string of the molecule is CCC[CH2][Sn]([CH2]CCC)([CH2]CCC)[c]1ccc(-c2cnc[nH]2)cc1. The maximum absolute atomic E-state index is 4.15. The first-order chi connectivity index (χ1) is 11.8. The molecule has 2 rings (SSSR count). The minimum atomic E-state index is -2.26. The fourth-order valence-corrected chi connectivity index (χ4v) is 19.7. The van der Waals surface area contributed by atoms with Crippen molar-refractivity contribution in [1.82, 2.24) is 9.97 Å². The number of benzene rings is 1. The van der Waals surface area contributed by atoms with Crippen LogP contribution in [0.4, 0.5) is 0 Å². The molecule has 3 heteroatoms. The molecule has 0 amide bonds. The standard InChI is InChI=1S/C9H7N2.3C4H9.Sn/c1-2-4-8(5-3-1)9-6-10-7-11-9;3*1-3-4-2;/h2-7H,(H,10,11);3*1,3-4H2,2H3;. The molecule has 0 radical (unpaired) electrons. The summed E-state index contributed by atoms with van der Waals surface area (Å²) in [6.07, 6.45) is 12.0. The van der Waals surface area contributed by atoms with Crippen LogP contribution in [0.25, 0.3) is 11.3 Å². The number of hydrogen-bond donors (Lipinski definition) is 1. The molecule has 1 N–H and O–H groups in total. The van der Waals surface area contributed by atoms with E-state index in [1.165, 1.54) is 57.4 Å². The van der Waals surface area contributed by atoms with Crippen LogP contribution in [0.1, 0.15) is 59.3 Å². The van der Waals surface area contributed by atoms with Crippen molar-refractivity contribution >= 4 is 22.0 Å². The Morgan fingerprint density at radius 2 is 1.38 bits per heavy atom. The van der Waals surface area contributed by atoms with Gasteiger partial charge in [-0.2, -0.15) is 0 Å². The molecule has 0 unspecified atom stereocenters. The summed E-state index contributed by atoms with van der Waals surface area (Å²) < 4.78 is 6.36. The third kappa shape index (κ3) is 5.11. The molecule has 0 bridgehead atoms. The van der Waals surface area contributed by atoms with E-state index in [2.05, 4.69) is 55.0 Å². The Morgan fingerprint density at radius 1 is 0.833 bits per heavy atom. The van der Waals surface area contributed by atoms with Gasteiger partial charge in [0.1, 0.15) is 0 Å². The van der Waals surface area contributed by atoms with Crippen molar-refractivity contribution < 1.29 is 0 Å². The van der Waals surface area contributed by atoms with Crippen molar-refractivity contribution in [3.63, 3.8) is 0 Å². The summed E-state index contributed by atoms with van der Waals surface area (Å²) >= 11 is -2.26. The molecule has 1 heterocycles. The first-order valence-electron chi connectivity index (χ1n) is 9.85. The van der Waals surface area contributed by atoms with Crippen molar-refractivity contribution in [2.75, 3.05) is 0 Å². The van der Waals surface area contributed by atoms with E-state index in [0.717, 1.165) is 5.69 Å². The van der Waals surface area contributed by atoms with Gasteiger partial charge in [-0.15, -0.1) is 0 Å². The molecule has 0 spiro atoms. The molecule has 2 nitrogen and oxygen atoms in total. The Morgan fingerprint density at radius 3 is 1.79 bits per heavy atom. The molecule has 0 aliphatic heterocycles. The van der Waals surface area contributed by atoms with E-state index in [4.69, 9.17) is 0 Å². The number of nitrogens with zero attached hydrogens (tertiary/aromatic N) is 1. The monoisotopic (exact) mass is 434 g/mol. The van der Waals surface area contributed by atoms with Crippen LogP contribution < -0.4 is 3.58 Å². The molecule has 0 aliphatic rings. The summed E-state index contributed by atoms with van der Waals surface area (Å²) in [7, 11) is 0. The number of nitrogens with one attached hydrogen (secondary N) is 1. The molecule has 1 aromatic carbocycles. The van der Waals surface area contributed by atoms with Crippen molar-refractivity contribution in [1.29, 1.82) is 0 Å². The number of aromatic nitrogens is 2. The van der Waals surface area contributed by atoms with Gasteiger partial charge >= 0.3 is 153 Å². The van der Waals surface area contributed by atoms with E-state index in [9.17, 15) is 0 Å². The van der Waals surface area contributed by atoms with Gasteiger partial charge in [0.05, 0.1) is 0 Å². The van der Waals surface area contributed by atoms with E-state index < -0.39 is 18.4 Å². The first kappa shape index (κ1) is 19.6. The Hall–Kier alpha value is -0.771.